The van der Waals surface area contributed by atoms with Crippen LogP contribution in [0.2, 0.25) is 5.02 Å². The largest absolute Gasteiger partial charge is 0.455 e. The zero-order valence-corrected chi connectivity index (χ0v) is 19.7. The van der Waals surface area contributed by atoms with Gasteiger partial charge in [-0.05, 0) is 37.0 Å². The van der Waals surface area contributed by atoms with Gasteiger partial charge in [0.25, 0.3) is 11.6 Å². The lowest BCUT2D eigenvalue weighted by molar-refractivity contribution is -0.384. The maximum absolute atomic E-state index is 12.8. The summed E-state index contributed by atoms with van der Waals surface area (Å²) in [5, 5.41) is 18.5. The van der Waals surface area contributed by atoms with Crippen molar-refractivity contribution in [1.29, 1.82) is 0 Å². The highest BCUT2D eigenvalue weighted by atomic mass is 35.5. The van der Waals surface area contributed by atoms with Gasteiger partial charge in [0.2, 0.25) is 5.91 Å². The summed E-state index contributed by atoms with van der Waals surface area (Å²) in [5.41, 5.74) is 6.01. The number of carbonyl (C=O) groups excluding carboxylic acids is 2. The van der Waals surface area contributed by atoms with Crippen molar-refractivity contribution in [3.8, 4) is 0 Å². The molecule has 2 aromatic carbocycles. The van der Waals surface area contributed by atoms with Crippen LogP contribution < -0.4 is 10.7 Å². The van der Waals surface area contributed by atoms with Gasteiger partial charge in [-0.25, -0.2) is 5.43 Å². The summed E-state index contributed by atoms with van der Waals surface area (Å²) < 4.78 is 5.89. The van der Waals surface area contributed by atoms with Gasteiger partial charge in [0.05, 0.1) is 17.1 Å². The lowest BCUT2D eigenvalue weighted by Gasteiger charge is -2.13. The van der Waals surface area contributed by atoms with Gasteiger partial charge in [-0.1, -0.05) is 41.9 Å². The van der Waals surface area contributed by atoms with Crippen molar-refractivity contribution in [2.24, 2.45) is 5.10 Å². The number of halogens is 1. The summed E-state index contributed by atoms with van der Waals surface area (Å²) in [6, 6.07) is 13.1. The number of nitro groups is 1. The van der Waals surface area contributed by atoms with Crippen LogP contribution in [0.15, 0.2) is 58.0 Å². The minimum atomic E-state index is -0.491. The molecule has 0 radical (unpaired) electrons. The average Bonchev–Trinajstić information content (AvgIpc) is 3.19. The molecule has 2 amide bonds. The molecule has 9 nitrogen and oxygen atoms in total. The molecule has 1 aliphatic rings. The number of hydrogen-bond acceptors (Lipinski definition) is 6. The second-order valence-corrected chi connectivity index (χ2v) is 8.58. The van der Waals surface area contributed by atoms with Gasteiger partial charge in [-0.3, -0.25) is 19.7 Å². The Kier molecular flexibility index (Phi) is 7.26. The third kappa shape index (κ3) is 5.58. The fourth-order valence-corrected chi connectivity index (χ4v) is 4.19. The molecule has 0 bridgehead atoms. The number of hydrazone groups is 1. The molecule has 1 aliphatic carbocycles. The van der Waals surface area contributed by atoms with Crippen molar-refractivity contribution in [2.45, 2.75) is 39.2 Å². The number of amides is 2. The van der Waals surface area contributed by atoms with Gasteiger partial charge in [0, 0.05) is 41.2 Å². The highest BCUT2D eigenvalue weighted by Crippen LogP contribution is 2.30. The Hall–Kier alpha value is -3.98. The number of nitrogens with one attached hydrogen (secondary N) is 2. The molecule has 3 aromatic rings. The fourth-order valence-electron chi connectivity index (χ4n) is 3.98. The van der Waals surface area contributed by atoms with E-state index in [-0.39, 0.29) is 36.2 Å². The van der Waals surface area contributed by atoms with Crippen LogP contribution in [0.1, 0.15) is 51.4 Å². The van der Waals surface area contributed by atoms with Crippen molar-refractivity contribution in [3.63, 3.8) is 0 Å². The van der Waals surface area contributed by atoms with E-state index < -0.39 is 4.92 Å². The van der Waals surface area contributed by atoms with Gasteiger partial charge in [0.1, 0.15) is 5.76 Å². The van der Waals surface area contributed by atoms with Gasteiger partial charge in [0.15, 0.2) is 5.76 Å². The van der Waals surface area contributed by atoms with E-state index in [4.69, 9.17) is 16.0 Å². The molecule has 0 spiro atoms. The maximum Gasteiger partial charge on any atom is 0.287 e. The van der Waals surface area contributed by atoms with Gasteiger partial charge in [-0.15, -0.1) is 0 Å². The molecule has 2 N–H and O–H groups in total. The first-order valence-electron chi connectivity index (χ1n) is 11.1. The number of hydrogen-bond donors (Lipinski definition) is 2. The number of rotatable bonds is 7. The van der Waals surface area contributed by atoms with Gasteiger partial charge < -0.3 is 9.73 Å². The van der Waals surface area contributed by atoms with Crippen molar-refractivity contribution < 1.29 is 18.9 Å². The summed E-state index contributed by atoms with van der Waals surface area (Å²) in [4.78, 5) is 35.5. The van der Waals surface area contributed by atoms with E-state index >= 15 is 0 Å². The Labute approximate surface area is 206 Å². The summed E-state index contributed by atoms with van der Waals surface area (Å²) >= 11 is 6.17. The molecule has 0 saturated heterocycles. The molecular formula is C25H23ClN4O5. The van der Waals surface area contributed by atoms with Crippen molar-refractivity contribution in [2.75, 3.05) is 0 Å². The third-order valence-electron chi connectivity index (χ3n) is 5.76. The number of benzene rings is 2. The van der Waals surface area contributed by atoms with Crippen molar-refractivity contribution in [1.82, 2.24) is 10.7 Å². The van der Waals surface area contributed by atoms with Crippen LogP contribution in [0.25, 0.3) is 0 Å². The fraction of sp³-hybridized carbons (Fsp3) is 0.240. The lowest BCUT2D eigenvalue weighted by atomic mass is 9.93. The Bertz CT molecular complexity index is 1310. The number of carbonyl (C=O) groups is 2. The van der Waals surface area contributed by atoms with Crippen LogP contribution in [0.5, 0.6) is 0 Å². The molecule has 0 saturated carbocycles. The van der Waals surface area contributed by atoms with Crippen LogP contribution >= 0.6 is 11.6 Å². The second kappa shape index (κ2) is 10.5. The Morgan fingerprint density at radius 3 is 2.60 bits per heavy atom. The quantitative estimate of drug-likeness (QED) is 0.370. The highest BCUT2D eigenvalue weighted by Gasteiger charge is 2.28. The van der Waals surface area contributed by atoms with E-state index in [0.717, 1.165) is 17.5 Å². The Morgan fingerprint density at radius 2 is 1.89 bits per heavy atom. The molecule has 1 aromatic heterocycles. The molecular weight excluding hydrogens is 472 g/mol. The zero-order valence-electron chi connectivity index (χ0n) is 19.0. The van der Waals surface area contributed by atoms with E-state index in [2.05, 4.69) is 15.8 Å². The molecule has 10 heteroatoms. The smallest absolute Gasteiger partial charge is 0.287 e. The van der Waals surface area contributed by atoms with Gasteiger partial charge >= 0.3 is 0 Å². The summed E-state index contributed by atoms with van der Waals surface area (Å²) in [6.07, 6.45) is 2.11. The van der Waals surface area contributed by atoms with E-state index in [9.17, 15) is 19.7 Å². The normalized spacial score (nSPS) is 13.8. The van der Waals surface area contributed by atoms with E-state index in [1.165, 1.54) is 24.3 Å². The predicted molar refractivity (Wildman–Crippen MR) is 130 cm³/mol. The summed E-state index contributed by atoms with van der Waals surface area (Å²) in [6.45, 7) is 2.06. The predicted octanol–water partition coefficient (Wildman–Crippen LogP) is 4.48. The van der Waals surface area contributed by atoms with Crippen LogP contribution in [-0.4, -0.2) is 22.4 Å². The molecule has 0 atom stereocenters. The van der Waals surface area contributed by atoms with Crippen LogP contribution in [0, 0.1) is 17.0 Å². The standard InChI is InChI=1S/C25H23ClN4O5/c1-15-23-20(28-29-22(31)13-16-9-11-18(12-10-16)30(33)34)7-4-8-21(23)35-24(15)25(32)27-14-17-5-2-3-6-19(17)26/h2-3,5-6,9-12H,4,7-8,13-14H2,1H3,(H,27,32)(H,29,31)/b28-20+. The number of fused-ring (bicyclic) bond motifs is 1. The first kappa shape index (κ1) is 24.2. The number of furan rings is 1. The van der Waals surface area contributed by atoms with Crippen LogP contribution in [0.3, 0.4) is 0 Å². The Morgan fingerprint density at radius 1 is 1.14 bits per heavy atom. The Balaban J connectivity index is 1.44. The van der Waals surface area contributed by atoms with Gasteiger partial charge in [-0.2, -0.15) is 5.10 Å². The minimum Gasteiger partial charge on any atom is -0.455 e. The molecule has 4 rings (SSSR count). The first-order valence-corrected chi connectivity index (χ1v) is 11.4. The van der Waals surface area contributed by atoms with Crippen molar-refractivity contribution >= 4 is 34.8 Å². The molecule has 35 heavy (non-hydrogen) atoms. The second-order valence-electron chi connectivity index (χ2n) is 8.18. The summed E-state index contributed by atoms with van der Waals surface area (Å²) in [5.74, 6) is 0.185. The summed E-state index contributed by atoms with van der Waals surface area (Å²) in [7, 11) is 0. The molecule has 1 heterocycles. The van der Waals surface area contributed by atoms with Crippen LogP contribution in [-0.2, 0) is 24.2 Å². The minimum absolute atomic E-state index is 0.0295. The number of aryl methyl sites for hydroxylation is 1. The van der Waals surface area contributed by atoms with Crippen LogP contribution in [0.4, 0.5) is 5.69 Å². The molecule has 0 fully saturated rings. The highest BCUT2D eigenvalue weighted by molar-refractivity contribution is 6.31. The monoisotopic (exact) mass is 494 g/mol. The lowest BCUT2D eigenvalue weighted by Crippen LogP contribution is -2.24. The topological polar surface area (TPSA) is 127 Å². The van der Waals surface area contributed by atoms with E-state index in [1.807, 2.05) is 18.2 Å². The third-order valence-corrected chi connectivity index (χ3v) is 6.13. The van der Waals surface area contributed by atoms with Crippen molar-refractivity contribution in [3.05, 3.63) is 97.4 Å². The molecule has 0 unspecified atom stereocenters. The first-order chi connectivity index (χ1) is 16.8. The number of non-ortho nitro benzene ring substituents is 1. The zero-order chi connectivity index (χ0) is 24.9. The number of nitro benzene ring substituents is 1. The van der Waals surface area contributed by atoms with E-state index in [1.54, 1.807) is 13.0 Å². The average molecular weight is 495 g/mol. The van der Waals surface area contributed by atoms with E-state index in [0.29, 0.717) is 40.5 Å². The maximum atomic E-state index is 12.8. The number of nitrogens with zero attached hydrogens (tertiary/aromatic N) is 2. The molecule has 180 valence electrons. The molecule has 0 aliphatic heterocycles. The SMILES string of the molecule is Cc1c(C(=O)NCc2ccccc2Cl)oc2c1/C(=N/NC(=O)Cc1ccc([N+](=O)[O-])cc1)CCC2.